The summed E-state index contributed by atoms with van der Waals surface area (Å²) in [4.78, 5) is 0. The molecule has 0 aliphatic rings. The van der Waals surface area contributed by atoms with E-state index in [2.05, 4.69) is 0 Å². The van der Waals surface area contributed by atoms with Crippen LogP contribution < -0.4 is 4.74 Å². The summed E-state index contributed by atoms with van der Waals surface area (Å²) in [5, 5.41) is 0.656. The Bertz CT molecular complexity index is 645. The minimum atomic E-state index is -2.67. The van der Waals surface area contributed by atoms with Crippen LogP contribution in [0.15, 0.2) is 30.3 Å². The monoisotopic (exact) mass is 336 g/mol. The molecule has 6 heteroatoms. The second-order valence-electron chi connectivity index (χ2n) is 3.97. The van der Waals surface area contributed by atoms with Crippen LogP contribution in [-0.4, -0.2) is 7.11 Å². The summed E-state index contributed by atoms with van der Waals surface area (Å²) >= 11 is 18.0. The second kappa shape index (κ2) is 6.17. The van der Waals surface area contributed by atoms with E-state index in [9.17, 15) is 8.78 Å². The van der Waals surface area contributed by atoms with Crippen molar-refractivity contribution in [2.24, 2.45) is 0 Å². The van der Waals surface area contributed by atoms with E-state index in [-0.39, 0.29) is 26.9 Å². The van der Waals surface area contributed by atoms with E-state index in [1.807, 2.05) is 0 Å². The van der Waals surface area contributed by atoms with E-state index < -0.39 is 6.43 Å². The number of hydrogen-bond acceptors (Lipinski definition) is 1. The Morgan fingerprint density at radius 1 is 1.10 bits per heavy atom. The van der Waals surface area contributed by atoms with E-state index in [0.717, 1.165) is 0 Å². The van der Waals surface area contributed by atoms with Crippen molar-refractivity contribution in [1.82, 2.24) is 0 Å². The third-order valence-electron chi connectivity index (χ3n) is 2.78. The Hall–Kier alpha value is -1.03. The van der Waals surface area contributed by atoms with E-state index in [1.54, 1.807) is 6.07 Å². The van der Waals surface area contributed by atoms with Crippen molar-refractivity contribution in [3.05, 3.63) is 51.0 Å². The molecule has 20 heavy (non-hydrogen) atoms. The van der Waals surface area contributed by atoms with Crippen LogP contribution in [0.3, 0.4) is 0 Å². The fourth-order valence-electron chi connectivity index (χ4n) is 1.93. The molecule has 0 saturated heterocycles. The zero-order valence-electron chi connectivity index (χ0n) is 10.3. The van der Waals surface area contributed by atoms with E-state index in [4.69, 9.17) is 39.5 Å². The minimum Gasteiger partial charge on any atom is -0.496 e. The van der Waals surface area contributed by atoms with Gasteiger partial charge in [0.15, 0.2) is 0 Å². The normalized spacial score (nSPS) is 10.9. The number of rotatable bonds is 3. The summed E-state index contributed by atoms with van der Waals surface area (Å²) in [7, 11) is 1.40. The van der Waals surface area contributed by atoms with Gasteiger partial charge in [-0.3, -0.25) is 0 Å². The highest BCUT2D eigenvalue weighted by Crippen LogP contribution is 2.44. The molecule has 2 aromatic rings. The quantitative estimate of drug-likeness (QED) is 0.601. The van der Waals surface area contributed by atoms with Crippen LogP contribution in [-0.2, 0) is 0 Å². The average molecular weight is 338 g/mol. The Labute approximate surface area is 130 Å². The van der Waals surface area contributed by atoms with Crippen molar-refractivity contribution in [2.45, 2.75) is 6.43 Å². The molecule has 0 aliphatic carbocycles. The number of methoxy groups -OCH3 is 1. The molecule has 106 valence electrons. The van der Waals surface area contributed by atoms with Gasteiger partial charge in [-0.2, -0.15) is 0 Å². The summed E-state index contributed by atoms with van der Waals surface area (Å²) in [6, 6.07) is 7.32. The number of ether oxygens (including phenoxy) is 1. The maximum absolute atomic E-state index is 13.2. The zero-order chi connectivity index (χ0) is 14.9. The highest BCUT2D eigenvalue weighted by atomic mass is 35.5. The van der Waals surface area contributed by atoms with Gasteiger partial charge >= 0.3 is 0 Å². The Morgan fingerprint density at radius 2 is 1.80 bits per heavy atom. The van der Waals surface area contributed by atoms with Gasteiger partial charge in [0.1, 0.15) is 5.75 Å². The van der Waals surface area contributed by atoms with Crippen LogP contribution in [0.2, 0.25) is 15.1 Å². The first-order valence-corrected chi connectivity index (χ1v) is 6.69. The number of hydrogen-bond donors (Lipinski definition) is 0. The summed E-state index contributed by atoms with van der Waals surface area (Å²) in [6.45, 7) is 0. The first kappa shape index (κ1) is 15.4. The van der Waals surface area contributed by atoms with Gasteiger partial charge in [0, 0.05) is 21.7 Å². The van der Waals surface area contributed by atoms with Gasteiger partial charge in [0.2, 0.25) is 0 Å². The number of halogens is 5. The van der Waals surface area contributed by atoms with Crippen LogP contribution in [0.1, 0.15) is 12.0 Å². The van der Waals surface area contributed by atoms with Gasteiger partial charge in [-0.1, -0.05) is 46.9 Å². The van der Waals surface area contributed by atoms with Gasteiger partial charge in [0.05, 0.1) is 17.2 Å². The molecule has 0 radical (unpaired) electrons. The lowest BCUT2D eigenvalue weighted by Crippen LogP contribution is -1.96. The Balaban J connectivity index is 2.81. The van der Waals surface area contributed by atoms with E-state index in [1.165, 1.54) is 31.4 Å². The molecule has 0 atom stereocenters. The average Bonchev–Trinajstić information content (AvgIpc) is 2.41. The molecule has 0 aliphatic heterocycles. The van der Waals surface area contributed by atoms with Crippen LogP contribution in [0.5, 0.6) is 5.75 Å². The van der Waals surface area contributed by atoms with E-state index >= 15 is 0 Å². The van der Waals surface area contributed by atoms with Gasteiger partial charge in [-0.15, -0.1) is 0 Å². The Kier molecular flexibility index (Phi) is 4.74. The lowest BCUT2D eigenvalue weighted by molar-refractivity contribution is 0.151. The second-order valence-corrected chi connectivity index (χ2v) is 5.20. The molecule has 0 unspecified atom stereocenters. The lowest BCUT2D eigenvalue weighted by Gasteiger charge is -2.15. The van der Waals surface area contributed by atoms with Crippen molar-refractivity contribution in [2.75, 3.05) is 7.11 Å². The molecule has 0 N–H and O–H groups in total. The fraction of sp³-hybridized carbons (Fsp3) is 0.143. The molecule has 0 aromatic heterocycles. The maximum atomic E-state index is 13.2. The highest BCUT2D eigenvalue weighted by molar-refractivity contribution is 6.45. The van der Waals surface area contributed by atoms with Crippen LogP contribution in [0, 0.1) is 0 Å². The minimum absolute atomic E-state index is 0.155. The first-order chi connectivity index (χ1) is 9.45. The third-order valence-corrected chi connectivity index (χ3v) is 3.80. The van der Waals surface area contributed by atoms with Gasteiger partial charge in [-0.25, -0.2) is 8.78 Å². The lowest BCUT2D eigenvalue weighted by atomic mass is 9.98. The van der Waals surface area contributed by atoms with Crippen molar-refractivity contribution in [3.8, 4) is 16.9 Å². The van der Waals surface area contributed by atoms with Crippen molar-refractivity contribution in [1.29, 1.82) is 0 Å². The summed E-state index contributed by atoms with van der Waals surface area (Å²) < 4.78 is 31.5. The van der Waals surface area contributed by atoms with Crippen LogP contribution in [0.4, 0.5) is 8.78 Å². The molecule has 2 rings (SSSR count). The van der Waals surface area contributed by atoms with Gasteiger partial charge in [0.25, 0.3) is 6.43 Å². The largest absolute Gasteiger partial charge is 0.496 e. The molecule has 0 fully saturated rings. The predicted octanol–water partition coefficient (Wildman–Crippen LogP) is 6.26. The standard InChI is InChI=1S/C14H9Cl3F2O/c1-20-11-4-2-3-8(14(18)19)12(11)9-5-7(15)6-10(16)13(9)17/h2-6,14H,1H3. The summed E-state index contributed by atoms with van der Waals surface area (Å²) in [6.07, 6.45) is -2.67. The number of benzene rings is 2. The van der Waals surface area contributed by atoms with Crippen molar-refractivity contribution in [3.63, 3.8) is 0 Å². The van der Waals surface area contributed by atoms with Crippen LogP contribution >= 0.6 is 34.8 Å². The SMILES string of the molecule is COc1cccc(C(F)F)c1-c1cc(Cl)cc(Cl)c1Cl. The smallest absolute Gasteiger partial charge is 0.264 e. The van der Waals surface area contributed by atoms with Crippen molar-refractivity contribution >= 4 is 34.8 Å². The predicted molar refractivity (Wildman–Crippen MR) is 78.4 cm³/mol. The first-order valence-electron chi connectivity index (χ1n) is 5.55. The maximum Gasteiger partial charge on any atom is 0.264 e. The topological polar surface area (TPSA) is 9.23 Å². The number of alkyl halides is 2. The van der Waals surface area contributed by atoms with Gasteiger partial charge < -0.3 is 4.74 Å². The van der Waals surface area contributed by atoms with Gasteiger partial charge in [-0.05, 0) is 18.2 Å². The third kappa shape index (κ3) is 2.85. The van der Waals surface area contributed by atoms with E-state index in [0.29, 0.717) is 10.6 Å². The molecular weight excluding hydrogens is 329 g/mol. The fourth-order valence-corrected chi connectivity index (χ4v) is 2.62. The highest BCUT2D eigenvalue weighted by Gasteiger charge is 2.21. The molecule has 0 amide bonds. The Morgan fingerprint density at radius 3 is 2.40 bits per heavy atom. The molecule has 0 heterocycles. The molecule has 0 spiro atoms. The zero-order valence-corrected chi connectivity index (χ0v) is 12.5. The molecule has 0 bridgehead atoms. The molecule has 0 saturated carbocycles. The van der Waals surface area contributed by atoms with Crippen LogP contribution in [0.25, 0.3) is 11.1 Å². The summed E-state index contributed by atoms with van der Waals surface area (Å²) in [5.74, 6) is 0.281. The molecule has 1 nitrogen and oxygen atoms in total. The summed E-state index contributed by atoms with van der Waals surface area (Å²) in [5.41, 5.74) is 0.320. The molecular formula is C14H9Cl3F2O. The van der Waals surface area contributed by atoms with Crippen molar-refractivity contribution < 1.29 is 13.5 Å². The molecule has 2 aromatic carbocycles.